The summed E-state index contributed by atoms with van der Waals surface area (Å²) in [5.74, 6) is -0.217. The molecule has 0 aliphatic carbocycles. The lowest BCUT2D eigenvalue weighted by Gasteiger charge is -2.21. The third-order valence-corrected chi connectivity index (χ3v) is 2.57. The molecule has 1 rings (SSSR count). The van der Waals surface area contributed by atoms with Crippen molar-refractivity contribution >= 4 is 0 Å². The number of hydrogen-bond donors (Lipinski definition) is 1. The third kappa shape index (κ3) is 3.61. The lowest BCUT2D eigenvalue weighted by molar-refractivity contribution is 0.0773. The van der Waals surface area contributed by atoms with Gasteiger partial charge in [-0.3, -0.25) is 0 Å². The number of nitrogens with two attached hydrogens (primary N) is 1. The van der Waals surface area contributed by atoms with E-state index in [2.05, 4.69) is 0 Å². The van der Waals surface area contributed by atoms with Crippen molar-refractivity contribution in [3.8, 4) is 0 Å². The molecule has 1 aromatic rings. The molecule has 15 heavy (non-hydrogen) atoms. The first-order valence-electron chi connectivity index (χ1n) is 5.20. The normalized spacial score (nSPS) is 14.9. The fourth-order valence-electron chi connectivity index (χ4n) is 1.67. The Bertz CT molecular complexity index is 282. The first-order valence-corrected chi connectivity index (χ1v) is 5.20. The van der Waals surface area contributed by atoms with E-state index in [1.165, 1.54) is 12.1 Å². The van der Waals surface area contributed by atoms with Crippen LogP contribution < -0.4 is 5.73 Å². The minimum absolute atomic E-state index is 0.0366. The molecule has 2 atom stereocenters. The number of methoxy groups -OCH3 is 1. The first-order chi connectivity index (χ1) is 7.17. The molecule has 2 nitrogen and oxygen atoms in total. The second-order valence-electron chi connectivity index (χ2n) is 3.68. The number of rotatable bonds is 5. The van der Waals surface area contributed by atoms with Gasteiger partial charge in [0.15, 0.2) is 0 Å². The maximum atomic E-state index is 12.7. The Hall–Kier alpha value is -0.930. The van der Waals surface area contributed by atoms with Crippen LogP contribution in [0.25, 0.3) is 0 Å². The second-order valence-corrected chi connectivity index (χ2v) is 3.68. The molecule has 0 spiro atoms. The Morgan fingerprint density at radius 3 is 2.40 bits per heavy atom. The Morgan fingerprint density at radius 1 is 1.33 bits per heavy atom. The first kappa shape index (κ1) is 12.1. The summed E-state index contributed by atoms with van der Waals surface area (Å²) < 4.78 is 17.9. The predicted molar refractivity (Wildman–Crippen MR) is 59.2 cm³/mol. The molecule has 0 amide bonds. The van der Waals surface area contributed by atoms with Gasteiger partial charge >= 0.3 is 0 Å². The molecular formula is C12H18FNO. The highest BCUT2D eigenvalue weighted by molar-refractivity contribution is 5.17. The van der Waals surface area contributed by atoms with Gasteiger partial charge in [0.05, 0.1) is 6.10 Å². The van der Waals surface area contributed by atoms with Crippen molar-refractivity contribution in [2.75, 3.05) is 7.11 Å². The zero-order valence-electron chi connectivity index (χ0n) is 9.24. The number of ether oxygens (including phenoxy) is 1. The molecule has 0 fully saturated rings. The van der Waals surface area contributed by atoms with Gasteiger partial charge in [0.1, 0.15) is 5.82 Å². The van der Waals surface area contributed by atoms with Crippen LogP contribution in [0.2, 0.25) is 0 Å². The van der Waals surface area contributed by atoms with E-state index in [-0.39, 0.29) is 18.0 Å². The predicted octanol–water partition coefficient (Wildman–Crippen LogP) is 2.12. The van der Waals surface area contributed by atoms with Crippen LogP contribution in [0.4, 0.5) is 4.39 Å². The standard InChI is InChI=1S/C12H18FNO/c1-3-12(15-2)11(14)8-9-4-6-10(13)7-5-9/h4-7,11-12H,3,8,14H2,1-2H3. The molecule has 0 saturated carbocycles. The van der Waals surface area contributed by atoms with E-state index in [9.17, 15) is 4.39 Å². The molecule has 0 bridgehead atoms. The average Bonchev–Trinajstić information content (AvgIpc) is 2.23. The van der Waals surface area contributed by atoms with Crippen LogP contribution in [0.5, 0.6) is 0 Å². The average molecular weight is 211 g/mol. The van der Waals surface area contributed by atoms with E-state index >= 15 is 0 Å². The molecular weight excluding hydrogens is 193 g/mol. The summed E-state index contributed by atoms with van der Waals surface area (Å²) in [5.41, 5.74) is 7.03. The molecule has 0 heterocycles. The minimum Gasteiger partial charge on any atom is -0.380 e. The molecule has 0 aromatic heterocycles. The smallest absolute Gasteiger partial charge is 0.123 e. The lowest BCUT2D eigenvalue weighted by atomic mass is 10.0. The van der Waals surface area contributed by atoms with Gasteiger partial charge in [0.25, 0.3) is 0 Å². The van der Waals surface area contributed by atoms with E-state index < -0.39 is 0 Å². The molecule has 3 heteroatoms. The highest BCUT2D eigenvalue weighted by atomic mass is 19.1. The number of halogens is 1. The van der Waals surface area contributed by atoms with E-state index in [1.807, 2.05) is 6.92 Å². The van der Waals surface area contributed by atoms with Crippen LogP contribution in [-0.2, 0) is 11.2 Å². The van der Waals surface area contributed by atoms with Gasteiger partial charge in [0, 0.05) is 13.2 Å². The summed E-state index contributed by atoms with van der Waals surface area (Å²) in [7, 11) is 1.67. The zero-order chi connectivity index (χ0) is 11.3. The second kappa shape index (κ2) is 5.83. The largest absolute Gasteiger partial charge is 0.380 e. The van der Waals surface area contributed by atoms with Gasteiger partial charge in [-0.25, -0.2) is 4.39 Å². The molecule has 0 saturated heterocycles. The van der Waals surface area contributed by atoms with Crippen molar-refractivity contribution in [2.45, 2.75) is 31.9 Å². The number of benzene rings is 1. The lowest BCUT2D eigenvalue weighted by Crippen LogP contribution is -2.37. The van der Waals surface area contributed by atoms with Gasteiger partial charge in [-0.15, -0.1) is 0 Å². The number of hydrogen-bond acceptors (Lipinski definition) is 2. The van der Waals surface area contributed by atoms with Crippen molar-refractivity contribution in [1.82, 2.24) is 0 Å². The van der Waals surface area contributed by atoms with Gasteiger partial charge in [-0.1, -0.05) is 19.1 Å². The molecule has 2 N–H and O–H groups in total. The Morgan fingerprint density at radius 2 is 1.93 bits per heavy atom. The van der Waals surface area contributed by atoms with Crippen molar-refractivity contribution in [3.05, 3.63) is 35.6 Å². The Balaban J connectivity index is 2.57. The molecule has 0 aliphatic rings. The summed E-state index contributed by atoms with van der Waals surface area (Å²) in [4.78, 5) is 0. The monoisotopic (exact) mass is 211 g/mol. The summed E-state index contributed by atoms with van der Waals surface area (Å²) in [5, 5.41) is 0. The zero-order valence-corrected chi connectivity index (χ0v) is 9.24. The maximum Gasteiger partial charge on any atom is 0.123 e. The highest BCUT2D eigenvalue weighted by Gasteiger charge is 2.15. The van der Waals surface area contributed by atoms with Crippen LogP contribution in [0, 0.1) is 5.82 Å². The van der Waals surface area contributed by atoms with Gasteiger partial charge in [-0.05, 0) is 30.5 Å². The van der Waals surface area contributed by atoms with Crippen molar-refractivity contribution < 1.29 is 9.13 Å². The highest BCUT2D eigenvalue weighted by Crippen LogP contribution is 2.09. The van der Waals surface area contributed by atoms with E-state index in [1.54, 1.807) is 19.2 Å². The molecule has 0 aliphatic heterocycles. The van der Waals surface area contributed by atoms with Gasteiger partial charge in [0.2, 0.25) is 0 Å². The maximum absolute atomic E-state index is 12.7. The van der Waals surface area contributed by atoms with E-state index in [0.717, 1.165) is 12.0 Å². The SMILES string of the molecule is CCC(OC)C(N)Cc1ccc(F)cc1. The van der Waals surface area contributed by atoms with Crippen molar-refractivity contribution in [2.24, 2.45) is 5.73 Å². The summed E-state index contributed by atoms with van der Waals surface area (Å²) in [6.07, 6.45) is 1.67. The summed E-state index contributed by atoms with van der Waals surface area (Å²) in [6, 6.07) is 6.39. The van der Waals surface area contributed by atoms with Gasteiger partial charge < -0.3 is 10.5 Å². The van der Waals surface area contributed by atoms with Crippen LogP contribution in [0.3, 0.4) is 0 Å². The third-order valence-electron chi connectivity index (χ3n) is 2.57. The van der Waals surface area contributed by atoms with Crippen molar-refractivity contribution in [3.63, 3.8) is 0 Å². The Kier molecular flexibility index (Phi) is 4.72. The van der Waals surface area contributed by atoms with Crippen LogP contribution >= 0.6 is 0 Å². The molecule has 1 aromatic carbocycles. The summed E-state index contributed by atoms with van der Waals surface area (Å²) in [6.45, 7) is 2.04. The van der Waals surface area contributed by atoms with E-state index in [0.29, 0.717) is 6.42 Å². The topological polar surface area (TPSA) is 35.2 Å². The quantitative estimate of drug-likeness (QED) is 0.809. The fourth-order valence-corrected chi connectivity index (χ4v) is 1.67. The summed E-state index contributed by atoms with van der Waals surface area (Å²) >= 11 is 0. The van der Waals surface area contributed by atoms with E-state index in [4.69, 9.17) is 10.5 Å². The minimum atomic E-state index is -0.217. The fraction of sp³-hybridized carbons (Fsp3) is 0.500. The van der Waals surface area contributed by atoms with Crippen LogP contribution in [-0.4, -0.2) is 19.3 Å². The molecule has 2 unspecified atom stereocenters. The van der Waals surface area contributed by atoms with Crippen LogP contribution in [0.1, 0.15) is 18.9 Å². The Labute approximate surface area is 90.2 Å². The molecule has 84 valence electrons. The van der Waals surface area contributed by atoms with Crippen LogP contribution in [0.15, 0.2) is 24.3 Å². The van der Waals surface area contributed by atoms with Gasteiger partial charge in [-0.2, -0.15) is 0 Å². The molecule has 0 radical (unpaired) electrons. The van der Waals surface area contributed by atoms with Crippen molar-refractivity contribution in [1.29, 1.82) is 0 Å².